The van der Waals surface area contributed by atoms with E-state index in [1.807, 2.05) is 34.9 Å². The van der Waals surface area contributed by atoms with Gasteiger partial charge in [-0.3, -0.25) is 0 Å². The highest BCUT2D eigenvalue weighted by Gasteiger charge is 2.19. The summed E-state index contributed by atoms with van der Waals surface area (Å²) in [5.41, 5.74) is 1.58. The van der Waals surface area contributed by atoms with Crippen LogP contribution in [0.3, 0.4) is 0 Å². The van der Waals surface area contributed by atoms with Crippen molar-refractivity contribution in [1.82, 2.24) is 9.55 Å². The molecule has 2 heterocycles. The van der Waals surface area contributed by atoms with Crippen LogP contribution in [0.2, 0.25) is 0 Å². The van der Waals surface area contributed by atoms with Crippen molar-refractivity contribution in [2.45, 2.75) is 6.04 Å². The average Bonchev–Trinajstić information content (AvgIpc) is 3.23. The van der Waals surface area contributed by atoms with Crippen molar-refractivity contribution in [2.24, 2.45) is 0 Å². The van der Waals surface area contributed by atoms with Gasteiger partial charge in [-0.15, -0.1) is 0 Å². The number of benzene rings is 2. The molecule has 4 rings (SSSR count). The standard InChI is InChI=1S/C19H15FN2O2/c20-15-7-5-13(6-8-15)16(12-23)22-10-9-21-19(22)18-11-14-3-1-2-4-17(14)24-18/h1-11,16,23H,12H2. The second-order valence-electron chi connectivity index (χ2n) is 5.56. The van der Waals surface area contributed by atoms with Crippen LogP contribution in [0, 0.1) is 5.82 Å². The zero-order valence-electron chi connectivity index (χ0n) is 12.8. The highest BCUT2D eigenvalue weighted by Crippen LogP contribution is 2.30. The Labute approximate surface area is 137 Å². The molecule has 4 nitrogen and oxygen atoms in total. The predicted molar refractivity (Wildman–Crippen MR) is 89.1 cm³/mol. The Morgan fingerprint density at radius 2 is 1.92 bits per heavy atom. The fraction of sp³-hybridized carbons (Fsp3) is 0.105. The first kappa shape index (κ1) is 14.7. The smallest absolute Gasteiger partial charge is 0.176 e. The van der Waals surface area contributed by atoms with Crippen LogP contribution in [0.5, 0.6) is 0 Å². The lowest BCUT2D eigenvalue weighted by Gasteiger charge is -2.18. The Kier molecular flexibility index (Phi) is 3.63. The van der Waals surface area contributed by atoms with E-state index in [1.54, 1.807) is 24.5 Å². The van der Waals surface area contributed by atoms with Crippen LogP contribution in [0.25, 0.3) is 22.6 Å². The van der Waals surface area contributed by atoms with Gasteiger partial charge in [-0.25, -0.2) is 9.37 Å². The molecule has 0 saturated carbocycles. The number of aliphatic hydroxyl groups is 1. The normalized spacial score (nSPS) is 12.6. The Bertz CT molecular complexity index is 939. The predicted octanol–water partition coefficient (Wildman–Crippen LogP) is 4.02. The van der Waals surface area contributed by atoms with Gasteiger partial charge in [0.2, 0.25) is 0 Å². The lowest BCUT2D eigenvalue weighted by atomic mass is 10.1. The van der Waals surface area contributed by atoms with Crippen LogP contribution in [0.4, 0.5) is 4.39 Å². The number of nitrogens with zero attached hydrogens (tertiary/aromatic N) is 2. The van der Waals surface area contributed by atoms with Crippen LogP contribution in [-0.4, -0.2) is 21.3 Å². The summed E-state index contributed by atoms with van der Waals surface area (Å²) in [5, 5.41) is 10.8. The number of furan rings is 1. The fourth-order valence-corrected chi connectivity index (χ4v) is 2.89. The van der Waals surface area contributed by atoms with Crippen molar-refractivity contribution in [2.75, 3.05) is 6.61 Å². The van der Waals surface area contributed by atoms with Gasteiger partial charge in [0.05, 0.1) is 12.6 Å². The Morgan fingerprint density at radius 1 is 1.12 bits per heavy atom. The molecule has 0 radical (unpaired) electrons. The lowest BCUT2D eigenvalue weighted by Crippen LogP contribution is -2.15. The molecule has 0 amide bonds. The molecule has 5 heteroatoms. The first-order valence-corrected chi connectivity index (χ1v) is 7.64. The minimum atomic E-state index is -0.365. The SMILES string of the molecule is OCC(c1ccc(F)cc1)n1ccnc1-c1cc2ccccc2o1. The molecule has 2 aromatic heterocycles. The third-order valence-electron chi connectivity index (χ3n) is 4.08. The topological polar surface area (TPSA) is 51.2 Å². The summed E-state index contributed by atoms with van der Waals surface area (Å²) in [7, 11) is 0. The molecule has 1 N–H and O–H groups in total. The summed E-state index contributed by atoms with van der Waals surface area (Å²) in [6.07, 6.45) is 3.45. The van der Waals surface area contributed by atoms with Crippen molar-refractivity contribution in [3.63, 3.8) is 0 Å². The van der Waals surface area contributed by atoms with Gasteiger partial charge in [0.1, 0.15) is 11.4 Å². The first-order valence-electron chi connectivity index (χ1n) is 7.64. The second-order valence-corrected chi connectivity index (χ2v) is 5.56. The summed E-state index contributed by atoms with van der Waals surface area (Å²) >= 11 is 0. The number of rotatable bonds is 4. The van der Waals surface area contributed by atoms with Gasteiger partial charge in [0, 0.05) is 17.8 Å². The van der Waals surface area contributed by atoms with E-state index >= 15 is 0 Å². The zero-order valence-corrected chi connectivity index (χ0v) is 12.8. The van der Waals surface area contributed by atoms with E-state index in [1.165, 1.54) is 12.1 Å². The third-order valence-corrected chi connectivity index (χ3v) is 4.08. The molecular weight excluding hydrogens is 307 g/mol. The zero-order chi connectivity index (χ0) is 16.5. The van der Waals surface area contributed by atoms with Crippen molar-refractivity contribution in [3.8, 4) is 11.6 Å². The number of hydrogen-bond donors (Lipinski definition) is 1. The minimum absolute atomic E-state index is 0.130. The van der Waals surface area contributed by atoms with Crippen molar-refractivity contribution < 1.29 is 13.9 Å². The Morgan fingerprint density at radius 3 is 2.67 bits per heavy atom. The largest absolute Gasteiger partial charge is 0.453 e. The molecule has 0 spiro atoms. The molecule has 1 unspecified atom stereocenters. The monoisotopic (exact) mass is 322 g/mol. The number of hydrogen-bond acceptors (Lipinski definition) is 3. The molecule has 0 saturated heterocycles. The molecule has 1 atom stereocenters. The number of imidazole rings is 1. The molecule has 0 bridgehead atoms. The second kappa shape index (κ2) is 5.94. The van der Waals surface area contributed by atoms with Crippen LogP contribution in [-0.2, 0) is 0 Å². The minimum Gasteiger partial charge on any atom is -0.453 e. The summed E-state index contributed by atoms with van der Waals surface area (Å²) in [6.45, 7) is -0.130. The maximum atomic E-state index is 13.2. The van der Waals surface area contributed by atoms with E-state index in [0.29, 0.717) is 11.6 Å². The highest BCUT2D eigenvalue weighted by atomic mass is 19.1. The van der Waals surface area contributed by atoms with Gasteiger partial charge < -0.3 is 14.1 Å². The fourth-order valence-electron chi connectivity index (χ4n) is 2.89. The molecule has 0 aliphatic carbocycles. The van der Waals surface area contributed by atoms with Crippen molar-refractivity contribution in [1.29, 1.82) is 0 Å². The van der Waals surface area contributed by atoms with E-state index in [4.69, 9.17) is 4.42 Å². The molecule has 0 fully saturated rings. The van der Waals surface area contributed by atoms with E-state index in [2.05, 4.69) is 4.98 Å². The summed E-state index contributed by atoms with van der Waals surface area (Å²) < 4.78 is 20.9. The van der Waals surface area contributed by atoms with Crippen molar-refractivity contribution in [3.05, 3.63) is 78.4 Å². The third kappa shape index (κ3) is 2.49. The van der Waals surface area contributed by atoms with Crippen LogP contribution < -0.4 is 0 Å². The number of halogens is 1. The lowest BCUT2D eigenvalue weighted by molar-refractivity contribution is 0.250. The van der Waals surface area contributed by atoms with Gasteiger partial charge >= 0.3 is 0 Å². The van der Waals surface area contributed by atoms with E-state index in [9.17, 15) is 9.50 Å². The van der Waals surface area contributed by atoms with Crippen molar-refractivity contribution >= 4 is 11.0 Å². The summed E-state index contributed by atoms with van der Waals surface area (Å²) in [6, 6.07) is 15.4. The number of para-hydroxylation sites is 1. The van der Waals surface area contributed by atoms with E-state index < -0.39 is 0 Å². The summed E-state index contributed by atoms with van der Waals surface area (Å²) in [4.78, 5) is 4.38. The maximum Gasteiger partial charge on any atom is 0.176 e. The Hall–Kier alpha value is -2.92. The van der Waals surface area contributed by atoms with Gasteiger partial charge in [-0.2, -0.15) is 0 Å². The number of aliphatic hydroxyl groups excluding tert-OH is 1. The number of fused-ring (bicyclic) bond motifs is 1. The van der Waals surface area contributed by atoms with Gasteiger partial charge in [0.25, 0.3) is 0 Å². The molecular formula is C19H15FN2O2. The molecule has 4 aromatic rings. The molecule has 24 heavy (non-hydrogen) atoms. The van der Waals surface area contributed by atoms with E-state index in [-0.39, 0.29) is 18.5 Å². The van der Waals surface area contributed by atoms with E-state index in [0.717, 1.165) is 16.5 Å². The van der Waals surface area contributed by atoms with Gasteiger partial charge in [-0.1, -0.05) is 30.3 Å². The average molecular weight is 322 g/mol. The molecule has 0 aliphatic heterocycles. The quantitative estimate of drug-likeness (QED) is 0.617. The Balaban J connectivity index is 1.79. The van der Waals surface area contributed by atoms with Crippen LogP contribution >= 0.6 is 0 Å². The van der Waals surface area contributed by atoms with Crippen LogP contribution in [0.15, 0.2) is 71.4 Å². The maximum absolute atomic E-state index is 13.2. The first-order chi connectivity index (χ1) is 11.8. The summed E-state index contributed by atoms with van der Waals surface area (Å²) in [5.74, 6) is 0.940. The number of aromatic nitrogens is 2. The van der Waals surface area contributed by atoms with Gasteiger partial charge in [-0.05, 0) is 29.8 Å². The molecule has 2 aromatic carbocycles. The van der Waals surface area contributed by atoms with Gasteiger partial charge in [0.15, 0.2) is 11.6 Å². The van der Waals surface area contributed by atoms with Crippen LogP contribution in [0.1, 0.15) is 11.6 Å². The highest BCUT2D eigenvalue weighted by molar-refractivity contribution is 5.81. The molecule has 120 valence electrons. The molecule has 0 aliphatic rings.